The van der Waals surface area contributed by atoms with E-state index in [1.165, 1.54) is 0 Å². The third-order valence-corrected chi connectivity index (χ3v) is 3.19. The normalized spacial score (nSPS) is 13.0. The molecule has 0 atom stereocenters. The molecule has 2 aromatic rings. The maximum absolute atomic E-state index is 12.6. The van der Waals surface area contributed by atoms with Crippen LogP contribution in [-0.2, 0) is 6.61 Å². The van der Waals surface area contributed by atoms with Gasteiger partial charge in [-0.25, -0.2) is 0 Å². The predicted molar refractivity (Wildman–Crippen MR) is 71.6 cm³/mol. The van der Waals surface area contributed by atoms with Gasteiger partial charge in [0.1, 0.15) is 18.1 Å². The molecule has 1 aliphatic heterocycles. The molecule has 0 amide bonds. The Morgan fingerprint density at radius 3 is 2.79 bits per heavy atom. The second-order valence-corrected chi connectivity index (χ2v) is 4.40. The number of rotatable bonds is 1. The van der Waals surface area contributed by atoms with Crippen molar-refractivity contribution in [1.82, 2.24) is 0 Å². The minimum atomic E-state index is -0.0892. The van der Waals surface area contributed by atoms with Crippen LogP contribution in [0, 0.1) is 0 Å². The Balaban J connectivity index is 2.18. The van der Waals surface area contributed by atoms with Crippen LogP contribution in [0.4, 0.5) is 5.69 Å². The average molecular weight is 255 g/mol. The van der Waals surface area contributed by atoms with Crippen LogP contribution in [0.3, 0.4) is 0 Å². The smallest absolute Gasteiger partial charge is 0.197 e. The first kappa shape index (κ1) is 11.6. The number of nitrogens with two attached hydrogens (primary N) is 1. The molecule has 4 nitrogen and oxygen atoms in total. The number of benzene rings is 2. The Morgan fingerprint density at radius 1 is 1.16 bits per heavy atom. The Hall–Kier alpha value is -2.49. The van der Waals surface area contributed by atoms with E-state index >= 15 is 0 Å². The molecule has 0 unspecified atom stereocenters. The first-order chi connectivity index (χ1) is 9.19. The molecule has 1 aliphatic rings. The molecule has 3 rings (SSSR count). The summed E-state index contributed by atoms with van der Waals surface area (Å²) in [5, 5.41) is 0. The standard InChI is InChI=1S/C15H13NO3/c1-18-11-4-5-14-13(7-11)15(17)12-6-10(16)3-2-9(12)8-19-14/h2-7H,8,16H2,1H3. The van der Waals surface area contributed by atoms with Crippen molar-refractivity contribution in [1.29, 1.82) is 0 Å². The van der Waals surface area contributed by atoms with Crippen molar-refractivity contribution < 1.29 is 14.3 Å². The van der Waals surface area contributed by atoms with Gasteiger partial charge in [0.2, 0.25) is 0 Å². The Morgan fingerprint density at radius 2 is 2.00 bits per heavy atom. The molecular weight excluding hydrogens is 242 g/mol. The SMILES string of the molecule is COc1ccc2c(c1)C(=O)c1cc(N)ccc1CO2. The van der Waals surface area contributed by atoms with Gasteiger partial charge in [0.25, 0.3) is 0 Å². The number of fused-ring (bicyclic) bond motifs is 2. The van der Waals surface area contributed by atoms with E-state index in [2.05, 4.69) is 0 Å². The molecule has 0 spiro atoms. The van der Waals surface area contributed by atoms with Crippen LogP contribution in [0.15, 0.2) is 36.4 Å². The van der Waals surface area contributed by atoms with Gasteiger partial charge in [-0.05, 0) is 30.3 Å². The summed E-state index contributed by atoms with van der Waals surface area (Å²) >= 11 is 0. The van der Waals surface area contributed by atoms with Gasteiger partial charge in [-0.1, -0.05) is 6.07 Å². The van der Waals surface area contributed by atoms with Gasteiger partial charge < -0.3 is 15.2 Å². The lowest BCUT2D eigenvalue weighted by molar-refractivity contribution is 0.103. The molecule has 0 fully saturated rings. The molecule has 0 aromatic heterocycles. The first-order valence-corrected chi connectivity index (χ1v) is 5.93. The summed E-state index contributed by atoms with van der Waals surface area (Å²) in [4.78, 5) is 12.6. The van der Waals surface area contributed by atoms with Crippen molar-refractivity contribution in [3.8, 4) is 11.5 Å². The van der Waals surface area contributed by atoms with E-state index in [4.69, 9.17) is 15.2 Å². The number of carbonyl (C=O) groups is 1. The lowest BCUT2D eigenvalue weighted by Gasteiger charge is -2.07. The van der Waals surface area contributed by atoms with Crippen molar-refractivity contribution in [2.24, 2.45) is 0 Å². The van der Waals surface area contributed by atoms with E-state index in [0.29, 0.717) is 34.9 Å². The van der Waals surface area contributed by atoms with Crippen molar-refractivity contribution >= 4 is 11.5 Å². The third kappa shape index (κ3) is 1.91. The summed E-state index contributed by atoms with van der Waals surface area (Å²) < 4.78 is 10.8. The zero-order chi connectivity index (χ0) is 13.4. The van der Waals surface area contributed by atoms with Crippen molar-refractivity contribution in [3.63, 3.8) is 0 Å². The van der Waals surface area contributed by atoms with Crippen LogP contribution in [0.2, 0.25) is 0 Å². The van der Waals surface area contributed by atoms with E-state index in [9.17, 15) is 4.79 Å². The highest BCUT2D eigenvalue weighted by molar-refractivity contribution is 6.12. The van der Waals surface area contributed by atoms with Crippen LogP contribution < -0.4 is 15.2 Å². The largest absolute Gasteiger partial charge is 0.497 e. The van der Waals surface area contributed by atoms with Gasteiger partial charge in [0.15, 0.2) is 5.78 Å². The van der Waals surface area contributed by atoms with Crippen LogP contribution in [0.5, 0.6) is 11.5 Å². The van der Waals surface area contributed by atoms with E-state index in [0.717, 1.165) is 5.56 Å². The molecule has 0 saturated heterocycles. The quantitative estimate of drug-likeness (QED) is 0.795. The van der Waals surface area contributed by atoms with Gasteiger partial charge in [0, 0.05) is 16.8 Å². The summed E-state index contributed by atoms with van der Waals surface area (Å²) in [5.41, 5.74) is 8.26. The average Bonchev–Trinajstić information content (AvgIpc) is 2.57. The summed E-state index contributed by atoms with van der Waals surface area (Å²) in [7, 11) is 1.57. The second-order valence-electron chi connectivity index (χ2n) is 4.40. The molecule has 0 saturated carbocycles. The number of ketones is 1. The van der Waals surface area contributed by atoms with Crippen LogP contribution in [-0.4, -0.2) is 12.9 Å². The minimum absolute atomic E-state index is 0.0892. The third-order valence-electron chi connectivity index (χ3n) is 3.19. The summed E-state index contributed by atoms with van der Waals surface area (Å²) in [6.45, 7) is 0.362. The maximum Gasteiger partial charge on any atom is 0.197 e. The number of hydrogen-bond donors (Lipinski definition) is 1. The van der Waals surface area contributed by atoms with Crippen LogP contribution in [0.1, 0.15) is 21.5 Å². The molecule has 4 heteroatoms. The fourth-order valence-corrected chi connectivity index (χ4v) is 2.17. The van der Waals surface area contributed by atoms with Gasteiger partial charge in [-0.3, -0.25) is 4.79 Å². The Kier molecular flexibility index (Phi) is 2.63. The van der Waals surface area contributed by atoms with Crippen LogP contribution in [0.25, 0.3) is 0 Å². The number of nitrogen functional groups attached to an aromatic ring is 1. The molecule has 96 valence electrons. The van der Waals surface area contributed by atoms with E-state index in [-0.39, 0.29) is 5.78 Å². The van der Waals surface area contributed by atoms with Crippen molar-refractivity contribution in [3.05, 3.63) is 53.1 Å². The van der Waals surface area contributed by atoms with Gasteiger partial charge >= 0.3 is 0 Å². The fourth-order valence-electron chi connectivity index (χ4n) is 2.17. The minimum Gasteiger partial charge on any atom is -0.497 e. The highest BCUT2D eigenvalue weighted by Crippen LogP contribution is 2.31. The van der Waals surface area contributed by atoms with E-state index < -0.39 is 0 Å². The molecular formula is C15H13NO3. The lowest BCUT2D eigenvalue weighted by Crippen LogP contribution is -2.04. The molecule has 0 bridgehead atoms. The molecule has 0 aliphatic carbocycles. The van der Waals surface area contributed by atoms with Crippen LogP contribution >= 0.6 is 0 Å². The molecule has 19 heavy (non-hydrogen) atoms. The monoisotopic (exact) mass is 255 g/mol. The van der Waals surface area contributed by atoms with Crippen molar-refractivity contribution in [2.45, 2.75) is 6.61 Å². The highest BCUT2D eigenvalue weighted by atomic mass is 16.5. The molecule has 2 N–H and O–H groups in total. The lowest BCUT2D eigenvalue weighted by atomic mass is 9.98. The Labute approximate surface area is 110 Å². The number of carbonyl (C=O) groups excluding carboxylic acids is 1. The van der Waals surface area contributed by atoms with Gasteiger partial charge in [0.05, 0.1) is 12.7 Å². The predicted octanol–water partition coefficient (Wildman–Crippen LogP) is 2.40. The van der Waals surface area contributed by atoms with E-state index in [1.54, 1.807) is 37.4 Å². The number of ether oxygens (including phenoxy) is 2. The van der Waals surface area contributed by atoms with Gasteiger partial charge in [-0.15, -0.1) is 0 Å². The molecule has 2 aromatic carbocycles. The van der Waals surface area contributed by atoms with Gasteiger partial charge in [-0.2, -0.15) is 0 Å². The van der Waals surface area contributed by atoms with Crippen molar-refractivity contribution in [2.75, 3.05) is 12.8 Å². The second kappa shape index (κ2) is 4.31. The molecule has 1 heterocycles. The molecule has 0 radical (unpaired) electrons. The summed E-state index contributed by atoms with van der Waals surface area (Å²) in [6, 6.07) is 10.5. The first-order valence-electron chi connectivity index (χ1n) is 5.93. The number of hydrogen-bond acceptors (Lipinski definition) is 4. The maximum atomic E-state index is 12.6. The topological polar surface area (TPSA) is 61.5 Å². The fraction of sp³-hybridized carbons (Fsp3) is 0.133. The van der Waals surface area contributed by atoms with E-state index in [1.807, 2.05) is 6.07 Å². The zero-order valence-corrected chi connectivity index (χ0v) is 10.5. The zero-order valence-electron chi connectivity index (χ0n) is 10.5. The number of anilines is 1. The highest BCUT2D eigenvalue weighted by Gasteiger charge is 2.22. The number of methoxy groups -OCH3 is 1. The summed E-state index contributed by atoms with van der Waals surface area (Å²) in [5.74, 6) is 1.11. The summed E-state index contributed by atoms with van der Waals surface area (Å²) in [6.07, 6.45) is 0. The Bertz CT molecular complexity index is 664.